The molecule has 0 aromatic heterocycles. The van der Waals surface area contributed by atoms with Crippen LogP contribution >= 0.6 is 7.82 Å². The van der Waals surface area contributed by atoms with Crippen LogP contribution in [0.25, 0.3) is 0 Å². The molecule has 0 aliphatic rings. The smallest absolute Gasteiger partial charge is 0.268 e. The highest BCUT2D eigenvalue weighted by molar-refractivity contribution is 7.45. The van der Waals surface area contributed by atoms with Crippen LogP contribution in [0.5, 0.6) is 0 Å². The van der Waals surface area contributed by atoms with Gasteiger partial charge in [-0.1, -0.05) is 286 Å². The molecule has 0 spiro atoms. The number of likely N-dealkylation sites (N-methyl/N-ethyl adjacent to an activating group) is 1. The molecule has 0 aliphatic heterocycles. The van der Waals surface area contributed by atoms with Gasteiger partial charge in [-0.25, -0.2) is 0 Å². The summed E-state index contributed by atoms with van der Waals surface area (Å²) < 4.78 is 23.4. The Morgan fingerprint density at radius 1 is 0.486 bits per heavy atom. The number of nitrogens with zero attached hydrogens (tertiary/aromatic N) is 1. The number of amides is 1. The number of nitrogens with one attached hydrogen (secondary N) is 1. The van der Waals surface area contributed by atoms with Crippen molar-refractivity contribution in [3.05, 3.63) is 72.9 Å². The van der Waals surface area contributed by atoms with Crippen LogP contribution in [-0.2, 0) is 18.4 Å². The fourth-order valence-electron chi connectivity index (χ4n) is 9.06. The molecule has 3 atom stereocenters. The first-order chi connectivity index (χ1) is 36.0. The van der Waals surface area contributed by atoms with E-state index in [2.05, 4.69) is 79.9 Å². The number of hydrogen-bond acceptors (Lipinski definition) is 6. The molecule has 3 unspecified atom stereocenters. The average molecular weight is 1060 g/mol. The number of rotatable bonds is 57. The van der Waals surface area contributed by atoms with Gasteiger partial charge in [0, 0.05) is 6.42 Å². The molecule has 9 heteroatoms. The van der Waals surface area contributed by atoms with Gasteiger partial charge in [-0.2, -0.15) is 0 Å². The van der Waals surface area contributed by atoms with Crippen LogP contribution < -0.4 is 10.2 Å². The van der Waals surface area contributed by atoms with Crippen molar-refractivity contribution in [1.29, 1.82) is 0 Å². The van der Waals surface area contributed by atoms with Crippen molar-refractivity contribution >= 4 is 13.7 Å². The second-order valence-corrected chi connectivity index (χ2v) is 23.8. The molecule has 0 aliphatic carbocycles. The Hall–Kier alpha value is -2.06. The molecule has 1 amide bonds. The van der Waals surface area contributed by atoms with Gasteiger partial charge in [0.05, 0.1) is 39.9 Å². The summed E-state index contributed by atoms with van der Waals surface area (Å²) in [6.45, 7) is 4.56. The number of aliphatic hydroxyl groups excluding tert-OH is 1. The zero-order valence-corrected chi connectivity index (χ0v) is 50.2. The van der Waals surface area contributed by atoms with Gasteiger partial charge < -0.3 is 28.8 Å². The molecule has 0 aromatic rings. The molecule has 0 saturated heterocycles. The zero-order chi connectivity index (χ0) is 54.2. The van der Waals surface area contributed by atoms with E-state index >= 15 is 0 Å². The predicted molar refractivity (Wildman–Crippen MR) is 320 cm³/mol. The molecule has 0 bridgehead atoms. The van der Waals surface area contributed by atoms with E-state index in [0.29, 0.717) is 17.4 Å². The number of phosphoric ester groups is 1. The number of unbranched alkanes of at least 4 members (excludes halogenated alkanes) is 34. The van der Waals surface area contributed by atoms with Gasteiger partial charge in [-0.3, -0.25) is 9.36 Å². The SMILES string of the molecule is CC/C=C\C/C=C\C/C=C\C/C=C\C/C=C\CCCCCCCCCCCCCCCCCC(=O)NC(COP(=O)([O-])OCC[N+](C)(C)C)C(O)/C=C/CCCCCCCCCCCCCCCCCCCCC. The average Bonchev–Trinajstić information content (AvgIpc) is 3.36. The number of carbonyl (C=O) groups is 1. The van der Waals surface area contributed by atoms with Gasteiger partial charge >= 0.3 is 0 Å². The van der Waals surface area contributed by atoms with Crippen LogP contribution in [0.3, 0.4) is 0 Å². The fourth-order valence-corrected chi connectivity index (χ4v) is 9.79. The Kier molecular flexibility index (Phi) is 54.1. The predicted octanol–water partition coefficient (Wildman–Crippen LogP) is 18.8. The van der Waals surface area contributed by atoms with Crippen molar-refractivity contribution in [3.8, 4) is 0 Å². The van der Waals surface area contributed by atoms with Gasteiger partial charge in [0.25, 0.3) is 7.82 Å². The third-order valence-corrected chi connectivity index (χ3v) is 14.9. The van der Waals surface area contributed by atoms with Crippen LogP contribution in [-0.4, -0.2) is 68.5 Å². The number of phosphoric acid groups is 1. The van der Waals surface area contributed by atoms with Gasteiger partial charge in [0.15, 0.2) is 0 Å². The highest BCUT2D eigenvalue weighted by atomic mass is 31.2. The highest BCUT2D eigenvalue weighted by Gasteiger charge is 2.23. The molecule has 74 heavy (non-hydrogen) atoms. The van der Waals surface area contributed by atoms with Crippen LogP contribution in [0.2, 0.25) is 0 Å². The maximum Gasteiger partial charge on any atom is 0.268 e. The van der Waals surface area contributed by atoms with Crippen LogP contribution in [0.15, 0.2) is 72.9 Å². The van der Waals surface area contributed by atoms with Crippen molar-refractivity contribution < 1.29 is 32.9 Å². The summed E-state index contributed by atoms with van der Waals surface area (Å²) in [5, 5.41) is 13.9. The first-order valence-corrected chi connectivity index (χ1v) is 32.8. The largest absolute Gasteiger partial charge is 0.756 e. The van der Waals surface area contributed by atoms with Crippen LogP contribution in [0.1, 0.15) is 284 Å². The summed E-state index contributed by atoms with van der Waals surface area (Å²) >= 11 is 0. The molecular formula is C65H121N2O6P. The highest BCUT2D eigenvalue weighted by Crippen LogP contribution is 2.38. The van der Waals surface area contributed by atoms with Crippen LogP contribution in [0.4, 0.5) is 0 Å². The lowest BCUT2D eigenvalue weighted by Gasteiger charge is -2.29. The minimum Gasteiger partial charge on any atom is -0.756 e. The van der Waals surface area contributed by atoms with Crippen molar-refractivity contribution in [2.45, 2.75) is 296 Å². The van der Waals surface area contributed by atoms with Crippen molar-refractivity contribution in [1.82, 2.24) is 5.32 Å². The molecule has 0 fully saturated rings. The topological polar surface area (TPSA) is 108 Å². The Morgan fingerprint density at radius 3 is 1.20 bits per heavy atom. The summed E-state index contributed by atoms with van der Waals surface area (Å²) in [6.07, 6.45) is 77.0. The monoisotopic (exact) mass is 1060 g/mol. The zero-order valence-electron chi connectivity index (χ0n) is 49.3. The number of hydrogen-bond donors (Lipinski definition) is 2. The quantitative estimate of drug-likeness (QED) is 0.0272. The van der Waals surface area contributed by atoms with Gasteiger partial charge in [-0.15, -0.1) is 0 Å². The number of quaternary nitrogens is 1. The maximum absolute atomic E-state index is 13.0. The fraction of sp³-hybridized carbons (Fsp3) is 0.800. The Morgan fingerprint density at radius 2 is 0.824 bits per heavy atom. The van der Waals surface area contributed by atoms with Gasteiger partial charge in [0.1, 0.15) is 13.2 Å². The van der Waals surface area contributed by atoms with E-state index in [1.165, 1.54) is 193 Å². The van der Waals surface area contributed by atoms with E-state index in [1.54, 1.807) is 6.08 Å². The van der Waals surface area contributed by atoms with Crippen molar-refractivity contribution in [2.24, 2.45) is 0 Å². The number of aliphatic hydroxyl groups is 1. The number of carbonyl (C=O) groups excluding carboxylic acids is 1. The van der Waals surface area contributed by atoms with E-state index < -0.39 is 20.0 Å². The molecule has 0 aromatic carbocycles. The molecular weight excluding hydrogens is 936 g/mol. The summed E-state index contributed by atoms with van der Waals surface area (Å²) in [5.74, 6) is -0.196. The second kappa shape index (κ2) is 55.7. The molecule has 8 nitrogen and oxygen atoms in total. The standard InChI is InChI=1S/C65H121N2O6P/c1-6-8-10-12-14-16-18-20-22-24-26-28-29-30-31-32-33-34-35-36-37-39-41-43-45-47-49-51-53-55-57-59-65(69)66-63(62-73-74(70,71)72-61-60-67(3,4)5)64(68)58-56-54-52-50-48-46-44-42-40-38-27-25-23-21-19-17-15-13-11-9-7-2/h8,10,14,16,20,22,26,28,30-31,56,58,63-64,68H,6-7,9,11-13,15,17-19,21,23-25,27,29,32-55,57,59-62H2,1-5H3,(H-,66,69,70,71)/b10-8-,16-14-,22-20-,28-26-,31-30-,58-56+. The molecule has 0 radical (unpaired) electrons. The summed E-state index contributed by atoms with van der Waals surface area (Å²) in [5.41, 5.74) is 0. The van der Waals surface area contributed by atoms with Crippen molar-refractivity contribution in [2.75, 3.05) is 40.9 Å². The minimum absolute atomic E-state index is 0.00211. The summed E-state index contributed by atoms with van der Waals surface area (Å²) in [4.78, 5) is 25.6. The van der Waals surface area contributed by atoms with Gasteiger partial charge in [0.2, 0.25) is 5.91 Å². The minimum atomic E-state index is -4.60. The Labute approximate surface area is 459 Å². The lowest BCUT2D eigenvalue weighted by Crippen LogP contribution is -2.45. The lowest BCUT2D eigenvalue weighted by atomic mass is 10.0. The molecule has 0 rings (SSSR count). The van der Waals surface area contributed by atoms with E-state index in [-0.39, 0.29) is 19.1 Å². The normalized spacial score (nSPS) is 14.3. The third kappa shape index (κ3) is 57.6. The van der Waals surface area contributed by atoms with Crippen LogP contribution in [0, 0.1) is 0 Å². The second-order valence-electron chi connectivity index (χ2n) is 22.4. The van der Waals surface area contributed by atoms with Gasteiger partial charge in [-0.05, 0) is 64.2 Å². The third-order valence-electron chi connectivity index (χ3n) is 13.9. The number of allylic oxidation sites excluding steroid dienone is 11. The maximum atomic E-state index is 13.0. The van der Waals surface area contributed by atoms with E-state index in [9.17, 15) is 19.4 Å². The molecule has 0 saturated carbocycles. The molecule has 0 heterocycles. The summed E-state index contributed by atoms with van der Waals surface area (Å²) in [6, 6.07) is -0.890. The summed E-state index contributed by atoms with van der Waals surface area (Å²) in [7, 11) is 1.26. The van der Waals surface area contributed by atoms with E-state index in [0.717, 1.165) is 70.6 Å². The van der Waals surface area contributed by atoms with E-state index in [1.807, 2.05) is 27.2 Å². The van der Waals surface area contributed by atoms with Crippen molar-refractivity contribution in [3.63, 3.8) is 0 Å². The first-order valence-electron chi connectivity index (χ1n) is 31.3. The lowest BCUT2D eigenvalue weighted by molar-refractivity contribution is -0.870. The first kappa shape index (κ1) is 71.9. The van der Waals surface area contributed by atoms with E-state index in [4.69, 9.17) is 9.05 Å². The Bertz CT molecular complexity index is 1430. The Balaban J connectivity index is 4.13. The molecule has 2 N–H and O–H groups in total. The molecule has 432 valence electrons.